The second-order valence-electron chi connectivity index (χ2n) is 6.07. The molecule has 0 saturated heterocycles. The number of nitrogens with one attached hydrogen (secondary N) is 1. The van der Waals surface area contributed by atoms with Gasteiger partial charge in [-0.1, -0.05) is 39.3 Å². The Balaban J connectivity index is 2.28. The number of sulfonamides is 1. The lowest BCUT2D eigenvalue weighted by Gasteiger charge is -2.09. The average molecular weight is 367 g/mol. The van der Waals surface area contributed by atoms with Gasteiger partial charge >= 0.3 is 0 Å². The Morgan fingerprint density at radius 3 is 2.16 bits per heavy atom. The van der Waals surface area contributed by atoms with Gasteiger partial charge in [-0.05, 0) is 45.0 Å². The van der Waals surface area contributed by atoms with Crippen LogP contribution in [0.4, 0.5) is 0 Å². The molecule has 6 heteroatoms. The van der Waals surface area contributed by atoms with Crippen molar-refractivity contribution in [2.75, 3.05) is 0 Å². The van der Waals surface area contributed by atoms with Gasteiger partial charge in [0.05, 0.1) is 9.92 Å². The fourth-order valence-corrected chi connectivity index (χ4v) is 4.56. The summed E-state index contributed by atoms with van der Waals surface area (Å²) in [4.78, 5) is 0.224. The predicted octanol–water partition coefficient (Wildman–Crippen LogP) is 3.82. The zero-order valence-corrected chi connectivity index (χ0v) is 14.4. The lowest BCUT2D eigenvalue weighted by atomic mass is 10.0. The van der Waals surface area contributed by atoms with Gasteiger partial charge in [0.15, 0.2) is 0 Å². The van der Waals surface area contributed by atoms with Crippen LogP contribution in [0.1, 0.15) is 27.7 Å². The SMILES string of the molecule is CC1(C)C(NS(=O)(=O)c2ccc(Cl)c(Br)c2)C1(C)C. The molecule has 1 aromatic carbocycles. The summed E-state index contributed by atoms with van der Waals surface area (Å²) in [6, 6.07) is 4.55. The van der Waals surface area contributed by atoms with Gasteiger partial charge in [-0.25, -0.2) is 13.1 Å². The number of benzene rings is 1. The fraction of sp³-hybridized carbons (Fsp3) is 0.538. The van der Waals surface area contributed by atoms with E-state index in [0.29, 0.717) is 9.50 Å². The number of halogens is 2. The minimum atomic E-state index is -3.52. The molecule has 3 nitrogen and oxygen atoms in total. The first-order valence-electron chi connectivity index (χ1n) is 5.97. The first-order chi connectivity index (χ1) is 8.50. The molecule has 0 radical (unpaired) electrons. The standard InChI is InChI=1S/C13H17BrClNO2S/c1-12(2)11(13(12,3)4)16-19(17,18)8-5-6-10(15)9(14)7-8/h5-7,11,16H,1-4H3. The Morgan fingerprint density at radius 1 is 1.21 bits per heavy atom. The van der Waals surface area contributed by atoms with Crippen LogP contribution in [-0.2, 0) is 10.0 Å². The molecule has 1 fully saturated rings. The minimum Gasteiger partial charge on any atom is -0.207 e. The largest absolute Gasteiger partial charge is 0.240 e. The van der Waals surface area contributed by atoms with E-state index in [-0.39, 0.29) is 21.8 Å². The Bertz CT molecular complexity index is 612. The normalized spacial score (nSPS) is 21.4. The van der Waals surface area contributed by atoms with Crippen LogP contribution in [0, 0.1) is 10.8 Å². The minimum absolute atomic E-state index is 0.0380. The van der Waals surface area contributed by atoms with E-state index in [9.17, 15) is 8.42 Å². The van der Waals surface area contributed by atoms with E-state index in [1.807, 2.05) is 0 Å². The zero-order chi connectivity index (χ0) is 14.6. The van der Waals surface area contributed by atoms with Gasteiger partial charge < -0.3 is 0 Å². The van der Waals surface area contributed by atoms with Crippen LogP contribution in [0.25, 0.3) is 0 Å². The molecule has 1 saturated carbocycles. The van der Waals surface area contributed by atoms with E-state index in [2.05, 4.69) is 48.3 Å². The van der Waals surface area contributed by atoms with Gasteiger partial charge in [0.25, 0.3) is 0 Å². The quantitative estimate of drug-likeness (QED) is 0.884. The van der Waals surface area contributed by atoms with Crippen molar-refractivity contribution in [1.82, 2.24) is 4.72 Å². The van der Waals surface area contributed by atoms with Gasteiger partial charge in [-0.3, -0.25) is 0 Å². The molecule has 0 bridgehead atoms. The molecule has 0 atom stereocenters. The first-order valence-corrected chi connectivity index (χ1v) is 8.63. The van der Waals surface area contributed by atoms with E-state index >= 15 is 0 Å². The van der Waals surface area contributed by atoms with Crippen molar-refractivity contribution in [2.45, 2.75) is 38.6 Å². The zero-order valence-electron chi connectivity index (χ0n) is 11.3. The second kappa shape index (κ2) is 4.45. The topological polar surface area (TPSA) is 46.2 Å². The van der Waals surface area contributed by atoms with E-state index in [1.54, 1.807) is 6.07 Å². The lowest BCUT2D eigenvalue weighted by molar-refractivity contribution is 0.457. The monoisotopic (exact) mass is 365 g/mol. The maximum Gasteiger partial charge on any atom is 0.240 e. The molecule has 1 aromatic rings. The molecule has 1 aliphatic carbocycles. The van der Waals surface area contributed by atoms with E-state index < -0.39 is 10.0 Å². The number of hydrogen-bond acceptors (Lipinski definition) is 2. The molecule has 19 heavy (non-hydrogen) atoms. The Labute approximate surface area is 127 Å². The summed E-state index contributed by atoms with van der Waals surface area (Å²) in [6.07, 6.45) is 0. The van der Waals surface area contributed by atoms with E-state index in [0.717, 1.165) is 0 Å². The maximum absolute atomic E-state index is 12.3. The molecule has 2 rings (SSSR count). The van der Waals surface area contributed by atoms with Crippen LogP contribution in [0.2, 0.25) is 5.02 Å². The van der Waals surface area contributed by atoms with Crippen LogP contribution < -0.4 is 4.72 Å². The molecule has 0 aliphatic heterocycles. The van der Waals surface area contributed by atoms with Gasteiger partial charge in [-0.15, -0.1) is 0 Å². The number of hydrogen-bond donors (Lipinski definition) is 1. The highest BCUT2D eigenvalue weighted by Gasteiger charge is 2.66. The van der Waals surface area contributed by atoms with Crippen LogP contribution >= 0.6 is 27.5 Å². The van der Waals surface area contributed by atoms with E-state index in [1.165, 1.54) is 12.1 Å². The third kappa shape index (κ3) is 2.46. The third-order valence-corrected chi connectivity index (χ3v) is 7.13. The highest BCUT2D eigenvalue weighted by atomic mass is 79.9. The second-order valence-corrected chi connectivity index (χ2v) is 9.05. The summed E-state index contributed by atoms with van der Waals surface area (Å²) >= 11 is 9.12. The lowest BCUT2D eigenvalue weighted by Crippen LogP contribution is -2.29. The molecule has 0 unspecified atom stereocenters. The molecule has 106 valence electrons. The molecule has 0 heterocycles. The smallest absolute Gasteiger partial charge is 0.207 e. The fourth-order valence-electron chi connectivity index (χ4n) is 2.36. The van der Waals surface area contributed by atoms with Gasteiger partial charge in [0.2, 0.25) is 10.0 Å². The summed E-state index contributed by atoms with van der Waals surface area (Å²) in [5, 5.41) is 0.492. The average Bonchev–Trinajstić information content (AvgIpc) is 2.64. The van der Waals surface area contributed by atoms with Crippen molar-refractivity contribution in [1.29, 1.82) is 0 Å². The summed E-state index contributed by atoms with van der Waals surface area (Å²) in [6.45, 7) is 8.27. The van der Waals surface area contributed by atoms with Crippen LogP contribution in [0.5, 0.6) is 0 Å². The van der Waals surface area contributed by atoms with Gasteiger partial charge in [0, 0.05) is 10.5 Å². The van der Waals surface area contributed by atoms with Crippen molar-refractivity contribution in [3.8, 4) is 0 Å². The van der Waals surface area contributed by atoms with Crippen molar-refractivity contribution in [3.63, 3.8) is 0 Å². The predicted molar refractivity (Wildman–Crippen MR) is 80.8 cm³/mol. The van der Waals surface area contributed by atoms with Crippen molar-refractivity contribution in [2.24, 2.45) is 10.8 Å². The van der Waals surface area contributed by atoms with Crippen molar-refractivity contribution < 1.29 is 8.42 Å². The molecule has 1 N–H and O–H groups in total. The molecular weight excluding hydrogens is 350 g/mol. The molecule has 1 aliphatic rings. The van der Waals surface area contributed by atoms with Gasteiger partial charge in [-0.2, -0.15) is 0 Å². The van der Waals surface area contributed by atoms with Crippen LogP contribution in [0.15, 0.2) is 27.6 Å². The van der Waals surface area contributed by atoms with Crippen molar-refractivity contribution >= 4 is 37.6 Å². The molecule has 0 amide bonds. The molecule has 0 spiro atoms. The Hall–Kier alpha value is -0.100. The first kappa shape index (κ1) is 15.3. The summed E-state index contributed by atoms with van der Waals surface area (Å²) in [5.41, 5.74) is -0.0759. The summed E-state index contributed by atoms with van der Waals surface area (Å²) < 4.78 is 28.1. The summed E-state index contributed by atoms with van der Waals surface area (Å²) in [7, 11) is -3.52. The summed E-state index contributed by atoms with van der Waals surface area (Å²) in [5.74, 6) is 0. The molecular formula is C13H17BrClNO2S. The van der Waals surface area contributed by atoms with E-state index in [4.69, 9.17) is 11.6 Å². The van der Waals surface area contributed by atoms with Gasteiger partial charge in [0.1, 0.15) is 0 Å². The molecule has 0 aromatic heterocycles. The highest BCUT2D eigenvalue weighted by molar-refractivity contribution is 9.10. The Morgan fingerprint density at radius 2 is 1.74 bits per heavy atom. The van der Waals surface area contributed by atoms with Crippen LogP contribution in [-0.4, -0.2) is 14.5 Å². The Kier molecular flexibility index (Phi) is 3.58. The van der Waals surface area contributed by atoms with Crippen LogP contribution in [0.3, 0.4) is 0 Å². The number of rotatable bonds is 3. The maximum atomic E-state index is 12.3. The highest BCUT2D eigenvalue weighted by Crippen LogP contribution is 2.62. The van der Waals surface area contributed by atoms with Crippen molar-refractivity contribution in [3.05, 3.63) is 27.7 Å². The third-order valence-electron chi connectivity index (χ3n) is 4.50.